The van der Waals surface area contributed by atoms with E-state index in [1.807, 2.05) is 39.0 Å². The standard InChI is InChI=1S/C23H30BClNO2.C2H6O/c1-7-10-16-11-9-12-19(18-13-14-26-15-20(18)25)21(17(16)8-2)24-28-23(5,6)22(3,4)27;1-3-2/h7-8,10,13-15,27H,2,9,11-12H2,1,3-6H3;1-2H3/b10-7-;. The van der Waals surface area contributed by atoms with Gasteiger partial charge in [-0.1, -0.05) is 36.4 Å². The van der Waals surface area contributed by atoms with Gasteiger partial charge in [-0.2, -0.15) is 0 Å². The number of pyridine rings is 1. The normalized spacial score (nSPS) is 15.5. The van der Waals surface area contributed by atoms with Crippen LogP contribution in [0.1, 0.15) is 59.4 Å². The number of aliphatic hydroxyl groups is 1. The third-order valence-corrected chi connectivity index (χ3v) is 5.75. The summed E-state index contributed by atoms with van der Waals surface area (Å²) in [6, 6.07) is 1.94. The first kappa shape index (κ1) is 27.4. The molecular formula is C25H36BClNO3. The number of rotatable bonds is 7. The zero-order valence-corrected chi connectivity index (χ0v) is 20.7. The Hall–Kier alpha value is -1.66. The van der Waals surface area contributed by atoms with Crippen LogP contribution in [0.15, 0.2) is 59.9 Å². The molecule has 6 heteroatoms. The van der Waals surface area contributed by atoms with E-state index >= 15 is 0 Å². The Labute approximate surface area is 194 Å². The SMILES string of the molecule is C=CC1=C(/C=C\C)CCCC(c2ccncc2Cl)=C1[B]OC(C)(C)C(C)(C)O.COC. The maximum Gasteiger partial charge on any atom is 0.331 e. The maximum atomic E-state index is 10.5. The Kier molecular flexibility index (Phi) is 11.0. The molecule has 1 aliphatic carbocycles. The molecule has 0 aromatic carbocycles. The fraction of sp³-hybridized carbons (Fsp3) is 0.480. The van der Waals surface area contributed by atoms with Crippen molar-refractivity contribution >= 4 is 24.7 Å². The molecule has 0 fully saturated rings. The number of ether oxygens (including phenoxy) is 1. The van der Waals surface area contributed by atoms with Gasteiger partial charge in [0, 0.05) is 26.6 Å². The topological polar surface area (TPSA) is 51.6 Å². The van der Waals surface area contributed by atoms with E-state index in [1.165, 1.54) is 5.57 Å². The molecule has 4 nitrogen and oxygen atoms in total. The highest BCUT2D eigenvalue weighted by molar-refractivity contribution is 6.43. The van der Waals surface area contributed by atoms with E-state index < -0.39 is 11.2 Å². The second kappa shape index (κ2) is 12.4. The van der Waals surface area contributed by atoms with E-state index in [-0.39, 0.29) is 0 Å². The number of halogens is 1. The molecule has 0 atom stereocenters. The third kappa shape index (κ3) is 7.46. The van der Waals surface area contributed by atoms with Crippen molar-refractivity contribution in [2.75, 3.05) is 14.2 Å². The van der Waals surface area contributed by atoms with Crippen LogP contribution >= 0.6 is 11.6 Å². The van der Waals surface area contributed by atoms with Crippen molar-refractivity contribution in [1.82, 2.24) is 4.98 Å². The largest absolute Gasteiger partial charge is 0.427 e. The third-order valence-electron chi connectivity index (χ3n) is 5.45. The van der Waals surface area contributed by atoms with Gasteiger partial charge in [0.1, 0.15) is 0 Å². The summed E-state index contributed by atoms with van der Waals surface area (Å²) in [6.45, 7) is 13.3. The molecule has 1 N–H and O–H groups in total. The highest BCUT2D eigenvalue weighted by atomic mass is 35.5. The van der Waals surface area contributed by atoms with Crippen molar-refractivity contribution < 1.29 is 14.5 Å². The van der Waals surface area contributed by atoms with E-state index in [2.05, 4.69) is 22.4 Å². The minimum atomic E-state index is -1.01. The zero-order valence-electron chi connectivity index (χ0n) is 20.0. The van der Waals surface area contributed by atoms with Crippen LogP contribution in [-0.4, -0.2) is 43.0 Å². The molecule has 1 aromatic rings. The summed E-state index contributed by atoms with van der Waals surface area (Å²) in [4.78, 5) is 4.12. The fourth-order valence-corrected chi connectivity index (χ4v) is 3.29. The summed E-state index contributed by atoms with van der Waals surface area (Å²) >= 11 is 6.48. The Morgan fingerprint density at radius 2 is 1.87 bits per heavy atom. The van der Waals surface area contributed by atoms with Crippen molar-refractivity contribution in [3.8, 4) is 0 Å². The van der Waals surface area contributed by atoms with Crippen LogP contribution in [-0.2, 0) is 9.39 Å². The average molecular weight is 445 g/mol. The Morgan fingerprint density at radius 1 is 1.23 bits per heavy atom. The average Bonchev–Trinajstić information content (AvgIpc) is 2.86. The maximum absolute atomic E-state index is 10.5. The highest BCUT2D eigenvalue weighted by Gasteiger charge is 2.36. The van der Waals surface area contributed by atoms with E-state index in [9.17, 15) is 5.11 Å². The van der Waals surface area contributed by atoms with Crippen LogP contribution in [0.2, 0.25) is 5.02 Å². The molecule has 0 unspecified atom stereocenters. The molecule has 1 aliphatic rings. The zero-order chi connectivity index (χ0) is 23.7. The van der Waals surface area contributed by atoms with Gasteiger partial charge in [0.25, 0.3) is 0 Å². The lowest BCUT2D eigenvalue weighted by Gasteiger charge is -2.38. The number of nitrogens with zero attached hydrogens (tertiary/aromatic N) is 1. The number of allylic oxidation sites excluding steroid dienone is 7. The van der Waals surface area contributed by atoms with Crippen molar-refractivity contribution in [2.24, 2.45) is 0 Å². The Balaban J connectivity index is 0.00000151. The van der Waals surface area contributed by atoms with Crippen molar-refractivity contribution in [2.45, 2.75) is 65.1 Å². The molecule has 0 amide bonds. The summed E-state index contributed by atoms with van der Waals surface area (Å²) in [6.07, 6.45) is 12.3. The summed E-state index contributed by atoms with van der Waals surface area (Å²) in [5.74, 6) is 0. The first-order chi connectivity index (χ1) is 14.5. The molecule has 31 heavy (non-hydrogen) atoms. The van der Waals surface area contributed by atoms with Crippen LogP contribution in [0.25, 0.3) is 5.57 Å². The number of hydrogen-bond donors (Lipinski definition) is 1. The molecule has 1 radical (unpaired) electrons. The summed E-state index contributed by atoms with van der Waals surface area (Å²) in [5.41, 5.74) is 3.48. The van der Waals surface area contributed by atoms with Crippen LogP contribution in [0.5, 0.6) is 0 Å². The van der Waals surface area contributed by atoms with E-state index in [0.717, 1.165) is 41.4 Å². The van der Waals surface area contributed by atoms with Gasteiger partial charge in [-0.05, 0) is 87.7 Å². The van der Waals surface area contributed by atoms with Gasteiger partial charge >= 0.3 is 7.48 Å². The fourth-order valence-electron chi connectivity index (χ4n) is 3.06. The smallest absolute Gasteiger partial charge is 0.331 e. The summed E-state index contributed by atoms with van der Waals surface area (Å²) in [7, 11) is 5.01. The van der Waals surface area contributed by atoms with Gasteiger partial charge in [0.15, 0.2) is 0 Å². The lowest BCUT2D eigenvalue weighted by atomic mass is 9.73. The highest BCUT2D eigenvalue weighted by Crippen LogP contribution is 2.38. The molecule has 1 heterocycles. The minimum absolute atomic E-state index is 0.614. The van der Waals surface area contributed by atoms with Crippen LogP contribution in [0, 0.1) is 0 Å². The first-order valence-corrected chi connectivity index (χ1v) is 10.9. The van der Waals surface area contributed by atoms with Gasteiger partial charge in [0.2, 0.25) is 0 Å². The lowest BCUT2D eigenvalue weighted by molar-refractivity contribution is -0.0896. The molecule has 169 valence electrons. The van der Waals surface area contributed by atoms with E-state index in [1.54, 1.807) is 47.9 Å². The predicted molar refractivity (Wildman–Crippen MR) is 132 cm³/mol. The Morgan fingerprint density at radius 3 is 2.39 bits per heavy atom. The van der Waals surface area contributed by atoms with E-state index in [4.69, 9.17) is 16.3 Å². The van der Waals surface area contributed by atoms with E-state index in [0.29, 0.717) is 5.02 Å². The van der Waals surface area contributed by atoms with Gasteiger partial charge in [0.05, 0.1) is 16.2 Å². The molecule has 2 rings (SSSR count). The lowest BCUT2D eigenvalue weighted by Crippen LogP contribution is -2.48. The summed E-state index contributed by atoms with van der Waals surface area (Å²) in [5, 5.41) is 11.1. The minimum Gasteiger partial charge on any atom is -0.427 e. The predicted octanol–water partition coefficient (Wildman–Crippen LogP) is 6.14. The second-order valence-electron chi connectivity index (χ2n) is 8.46. The molecule has 0 saturated carbocycles. The van der Waals surface area contributed by atoms with Gasteiger partial charge in [-0.15, -0.1) is 0 Å². The molecule has 0 aliphatic heterocycles. The van der Waals surface area contributed by atoms with Crippen LogP contribution < -0.4 is 0 Å². The van der Waals surface area contributed by atoms with Crippen LogP contribution in [0.4, 0.5) is 0 Å². The Bertz CT molecular complexity index is 835. The number of methoxy groups -OCH3 is 1. The number of aromatic nitrogens is 1. The van der Waals surface area contributed by atoms with Gasteiger partial charge in [-0.3, -0.25) is 4.98 Å². The van der Waals surface area contributed by atoms with Gasteiger partial charge < -0.3 is 14.5 Å². The quantitative estimate of drug-likeness (QED) is 0.513. The van der Waals surface area contributed by atoms with Crippen molar-refractivity contribution in [1.29, 1.82) is 0 Å². The molecular weight excluding hydrogens is 409 g/mol. The van der Waals surface area contributed by atoms with Crippen molar-refractivity contribution in [3.63, 3.8) is 0 Å². The van der Waals surface area contributed by atoms with Crippen LogP contribution in [0.3, 0.4) is 0 Å². The van der Waals surface area contributed by atoms with Crippen molar-refractivity contribution in [3.05, 3.63) is 70.5 Å². The molecule has 0 bridgehead atoms. The first-order valence-electron chi connectivity index (χ1n) is 10.5. The van der Waals surface area contributed by atoms with Gasteiger partial charge in [-0.25, -0.2) is 0 Å². The molecule has 1 aromatic heterocycles. The second-order valence-corrected chi connectivity index (χ2v) is 8.86. The molecule has 0 saturated heterocycles. The monoisotopic (exact) mass is 444 g/mol. The molecule has 0 spiro atoms. The summed E-state index contributed by atoms with van der Waals surface area (Å²) < 4.78 is 10.4. The number of hydrogen-bond acceptors (Lipinski definition) is 4.